The Labute approximate surface area is 160 Å². The summed E-state index contributed by atoms with van der Waals surface area (Å²) in [5.41, 5.74) is 7.82. The minimum absolute atomic E-state index is 0.158. The number of amides is 1. The predicted octanol–water partition coefficient (Wildman–Crippen LogP) is 2.51. The van der Waals surface area contributed by atoms with E-state index in [0.29, 0.717) is 16.7 Å². The molecule has 3 N–H and O–H groups in total. The van der Waals surface area contributed by atoms with Crippen molar-refractivity contribution in [2.45, 2.75) is 13.0 Å². The van der Waals surface area contributed by atoms with Gasteiger partial charge >= 0.3 is 0 Å². The van der Waals surface area contributed by atoms with Gasteiger partial charge < -0.3 is 15.3 Å². The molecule has 4 rings (SSSR count). The molecule has 0 unspecified atom stereocenters. The molecule has 0 bridgehead atoms. The molecule has 2 heterocycles. The van der Waals surface area contributed by atoms with Crippen molar-refractivity contribution in [3.8, 4) is 17.5 Å². The van der Waals surface area contributed by atoms with Crippen LogP contribution in [0.4, 0.5) is 0 Å². The number of aromatic nitrogens is 3. The van der Waals surface area contributed by atoms with Gasteiger partial charge in [-0.1, -0.05) is 36.1 Å². The number of fused-ring (bicyclic) bond motifs is 1. The van der Waals surface area contributed by atoms with Crippen LogP contribution in [0.3, 0.4) is 0 Å². The molecule has 0 saturated carbocycles. The molecule has 0 saturated heterocycles. The summed E-state index contributed by atoms with van der Waals surface area (Å²) in [5, 5.41) is 15.1. The summed E-state index contributed by atoms with van der Waals surface area (Å²) in [6.07, 6.45) is 0.407. The van der Waals surface area contributed by atoms with Crippen LogP contribution >= 0.6 is 0 Å². The van der Waals surface area contributed by atoms with Crippen LogP contribution < -0.4 is 5.73 Å². The lowest BCUT2D eigenvalue weighted by Gasteiger charge is -2.04. The van der Waals surface area contributed by atoms with Gasteiger partial charge in [-0.05, 0) is 31.2 Å². The first-order chi connectivity index (χ1) is 13.5. The van der Waals surface area contributed by atoms with E-state index in [2.05, 4.69) is 21.9 Å². The van der Waals surface area contributed by atoms with E-state index in [4.69, 9.17) is 10.2 Å². The summed E-state index contributed by atoms with van der Waals surface area (Å²) < 4.78 is 6.93. The lowest BCUT2D eigenvalue weighted by molar-refractivity contribution is 0.0996. The fourth-order valence-electron chi connectivity index (χ4n) is 2.87. The highest BCUT2D eigenvalue weighted by Crippen LogP contribution is 2.22. The van der Waals surface area contributed by atoms with E-state index in [9.17, 15) is 9.90 Å². The van der Waals surface area contributed by atoms with Gasteiger partial charge in [0.05, 0.1) is 17.4 Å². The predicted molar refractivity (Wildman–Crippen MR) is 103 cm³/mol. The Kier molecular flexibility index (Phi) is 4.39. The molecule has 0 aliphatic carbocycles. The maximum absolute atomic E-state index is 11.7. The van der Waals surface area contributed by atoms with Gasteiger partial charge in [0.2, 0.25) is 5.89 Å². The second-order valence-electron chi connectivity index (χ2n) is 6.17. The van der Waals surface area contributed by atoms with Crippen molar-refractivity contribution in [2.24, 2.45) is 5.73 Å². The molecular weight excluding hydrogens is 356 g/mol. The minimum atomic E-state index is -1.12. The van der Waals surface area contributed by atoms with Crippen molar-refractivity contribution in [2.75, 3.05) is 0 Å². The zero-order chi connectivity index (χ0) is 19.7. The molecule has 2 aromatic carbocycles. The Morgan fingerprint density at radius 2 is 2.07 bits per heavy atom. The quantitative estimate of drug-likeness (QED) is 0.537. The molecule has 0 aliphatic heterocycles. The molecule has 1 amide bonds. The number of carbonyl (C=O) groups is 1. The molecule has 0 fully saturated rings. The Balaban J connectivity index is 1.72. The van der Waals surface area contributed by atoms with Crippen molar-refractivity contribution in [3.63, 3.8) is 0 Å². The van der Waals surface area contributed by atoms with Crippen molar-refractivity contribution in [1.82, 2.24) is 14.8 Å². The number of nitrogens with zero attached hydrogens (tertiary/aromatic N) is 3. The zero-order valence-electron chi connectivity index (χ0n) is 15.0. The smallest absolute Gasteiger partial charge is 0.269 e. The third-order valence-corrected chi connectivity index (χ3v) is 4.14. The number of aryl methyl sites for hydroxylation is 1. The number of benzene rings is 2. The van der Waals surface area contributed by atoms with Crippen molar-refractivity contribution >= 4 is 16.8 Å². The molecular formula is C21H16N4O3. The van der Waals surface area contributed by atoms with Gasteiger partial charge in [-0.15, -0.1) is 0 Å². The molecule has 1 atom stereocenters. The van der Waals surface area contributed by atoms with Crippen LogP contribution in [0.15, 0.2) is 59.1 Å². The number of hydrogen-bond donors (Lipinski definition) is 2. The maximum Gasteiger partial charge on any atom is 0.269 e. The third-order valence-electron chi connectivity index (χ3n) is 4.14. The molecule has 0 aliphatic rings. The molecule has 4 aromatic rings. The van der Waals surface area contributed by atoms with Gasteiger partial charge in [0.1, 0.15) is 5.76 Å². The number of para-hydroxylation sites is 1. The van der Waals surface area contributed by atoms with Crippen molar-refractivity contribution in [1.29, 1.82) is 0 Å². The van der Waals surface area contributed by atoms with Crippen LogP contribution in [0, 0.1) is 18.8 Å². The summed E-state index contributed by atoms with van der Waals surface area (Å²) in [6.45, 7) is 1.74. The summed E-state index contributed by atoms with van der Waals surface area (Å²) >= 11 is 0. The second-order valence-corrected chi connectivity index (χ2v) is 6.17. The van der Waals surface area contributed by atoms with Crippen LogP contribution in [0.25, 0.3) is 16.6 Å². The first-order valence-corrected chi connectivity index (χ1v) is 8.53. The average Bonchev–Trinajstić information content (AvgIpc) is 3.30. The standard InChI is InChI=1S/C21H16N4O3/c1-13-12-23-21(28-13)18(26)10-9-14-5-4-6-15(11-14)25-17-8-3-2-7-16(17)19(24-25)20(22)27/h2-8,11-12,18,26H,1H3,(H2,22,27)/t18-/m1/s1. The highest BCUT2D eigenvalue weighted by atomic mass is 16.4. The van der Waals surface area contributed by atoms with Crippen LogP contribution in [-0.2, 0) is 0 Å². The molecule has 0 spiro atoms. The molecule has 2 aromatic heterocycles. The topological polar surface area (TPSA) is 107 Å². The average molecular weight is 372 g/mol. The largest absolute Gasteiger partial charge is 0.442 e. The lowest BCUT2D eigenvalue weighted by Crippen LogP contribution is -2.12. The number of nitrogens with two attached hydrogens (primary N) is 1. The van der Waals surface area contributed by atoms with Gasteiger partial charge in [0.25, 0.3) is 5.91 Å². The number of oxazole rings is 1. The second kappa shape index (κ2) is 7.02. The van der Waals surface area contributed by atoms with E-state index in [-0.39, 0.29) is 11.6 Å². The van der Waals surface area contributed by atoms with E-state index in [1.54, 1.807) is 17.7 Å². The molecule has 138 valence electrons. The van der Waals surface area contributed by atoms with Crippen LogP contribution in [0.5, 0.6) is 0 Å². The van der Waals surface area contributed by atoms with Gasteiger partial charge in [0, 0.05) is 10.9 Å². The van der Waals surface area contributed by atoms with Crippen molar-refractivity contribution in [3.05, 3.63) is 77.6 Å². The fourth-order valence-corrected chi connectivity index (χ4v) is 2.87. The third kappa shape index (κ3) is 3.24. The van der Waals surface area contributed by atoms with Crippen LogP contribution in [0.1, 0.15) is 33.8 Å². The number of carbonyl (C=O) groups excluding carboxylic acids is 1. The summed E-state index contributed by atoms with van der Waals surface area (Å²) in [7, 11) is 0. The van der Waals surface area contributed by atoms with E-state index in [0.717, 1.165) is 11.2 Å². The molecule has 7 heteroatoms. The van der Waals surface area contributed by atoms with E-state index in [1.165, 1.54) is 6.20 Å². The van der Waals surface area contributed by atoms with E-state index >= 15 is 0 Å². The SMILES string of the molecule is Cc1cnc([C@H](O)C#Cc2cccc(-n3nc(C(N)=O)c4ccccc43)c2)o1. The van der Waals surface area contributed by atoms with Crippen LogP contribution in [0.2, 0.25) is 0 Å². The fraction of sp³-hybridized carbons (Fsp3) is 0.0952. The van der Waals surface area contributed by atoms with Gasteiger partial charge in [-0.3, -0.25) is 4.79 Å². The summed E-state index contributed by atoms with van der Waals surface area (Å²) in [6, 6.07) is 14.7. The summed E-state index contributed by atoms with van der Waals surface area (Å²) in [5.74, 6) is 5.80. The number of rotatable bonds is 3. The number of aliphatic hydroxyl groups excluding tert-OH is 1. The van der Waals surface area contributed by atoms with E-state index < -0.39 is 12.0 Å². The number of hydrogen-bond acceptors (Lipinski definition) is 5. The molecule has 0 radical (unpaired) electrons. The van der Waals surface area contributed by atoms with Gasteiger partial charge in [-0.25, -0.2) is 9.67 Å². The number of primary amides is 1. The number of aliphatic hydroxyl groups is 1. The highest BCUT2D eigenvalue weighted by Gasteiger charge is 2.15. The Bertz CT molecular complexity index is 1240. The minimum Gasteiger partial charge on any atom is -0.442 e. The summed E-state index contributed by atoms with van der Waals surface area (Å²) in [4.78, 5) is 15.7. The normalized spacial score (nSPS) is 11.8. The molecule has 7 nitrogen and oxygen atoms in total. The highest BCUT2D eigenvalue weighted by molar-refractivity contribution is 6.04. The lowest BCUT2D eigenvalue weighted by atomic mass is 10.2. The van der Waals surface area contributed by atoms with Gasteiger partial charge in [0.15, 0.2) is 11.8 Å². The Morgan fingerprint density at radius 3 is 2.82 bits per heavy atom. The van der Waals surface area contributed by atoms with Crippen LogP contribution in [-0.4, -0.2) is 25.8 Å². The Hall–Kier alpha value is -3.89. The molecule has 28 heavy (non-hydrogen) atoms. The first-order valence-electron chi connectivity index (χ1n) is 8.53. The maximum atomic E-state index is 11.7. The zero-order valence-corrected chi connectivity index (χ0v) is 15.0. The van der Waals surface area contributed by atoms with E-state index in [1.807, 2.05) is 42.5 Å². The monoisotopic (exact) mass is 372 g/mol. The van der Waals surface area contributed by atoms with Gasteiger partial charge in [-0.2, -0.15) is 5.10 Å². The Morgan fingerprint density at radius 1 is 1.25 bits per heavy atom. The first kappa shape index (κ1) is 17.5. The van der Waals surface area contributed by atoms with Crippen molar-refractivity contribution < 1.29 is 14.3 Å².